The van der Waals surface area contributed by atoms with Gasteiger partial charge in [0, 0.05) is 23.0 Å². The first-order valence-electron chi connectivity index (χ1n) is 7.65. The Morgan fingerprint density at radius 3 is 2.55 bits per heavy atom. The van der Waals surface area contributed by atoms with Crippen LogP contribution in [-0.2, 0) is 0 Å². The van der Waals surface area contributed by atoms with Crippen LogP contribution in [0.15, 0.2) is 18.2 Å². The summed E-state index contributed by atoms with van der Waals surface area (Å²) in [4.78, 5) is 4.93. The largest absolute Gasteiger partial charge is 0.328 e. The number of fused-ring (bicyclic) bond motifs is 1. The minimum Gasteiger partial charge on any atom is -0.328 e. The molecular weight excluding hydrogens is 270 g/mol. The minimum absolute atomic E-state index is 0.388. The molecule has 2 N–H and O–H groups in total. The summed E-state index contributed by atoms with van der Waals surface area (Å²) in [5.74, 6) is 1.85. The molecule has 0 amide bonds. The monoisotopic (exact) mass is 289 g/mol. The van der Waals surface area contributed by atoms with E-state index in [0.29, 0.717) is 18.0 Å². The number of hydrogen-bond acceptors (Lipinski definition) is 2. The van der Waals surface area contributed by atoms with Gasteiger partial charge in [-0.05, 0) is 56.7 Å². The van der Waals surface area contributed by atoms with Crippen LogP contribution in [-0.4, -0.2) is 15.6 Å². The number of nitrogens with two attached hydrogens (primary N) is 1. The molecule has 2 aromatic rings. The molecule has 2 aliphatic carbocycles. The van der Waals surface area contributed by atoms with Gasteiger partial charge in [0.1, 0.15) is 5.82 Å². The molecule has 4 rings (SSSR count). The number of nitrogens with zero attached hydrogens (tertiary/aromatic N) is 2. The summed E-state index contributed by atoms with van der Waals surface area (Å²) in [6.45, 7) is 0. The summed E-state index contributed by atoms with van der Waals surface area (Å²) in [5, 5.41) is 0.802. The Labute approximate surface area is 124 Å². The van der Waals surface area contributed by atoms with Crippen LogP contribution in [0, 0.1) is 0 Å². The second kappa shape index (κ2) is 4.74. The molecule has 2 aliphatic rings. The van der Waals surface area contributed by atoms with Gasteiger partial charge < -0.3 is 10.3 Å². The zero-order valence-corrected chi connectivity index (χ0v) is 12.3. The lowest BCUT2D eigenvalue weighted by Crippen LogP contribution is -2.26. The van der Waals surface area contributed by atoms with Crippen LogP contribution in [0.25, 0.3) is 11.0 Å². The molecule has 2 fully saturated rings. The van der Waals surface area contributed by atoms with Crippen LogP contribution >= 0.6 is 11.6 Å². The maximum absolute atomic E-state index is 6.17. The summed E-state index contributed by atoms with van der Waals surface area (Å²) in [7, 11) is 0. The van der Waals surface area contributed by atoms with E-state index < -0.39 is 0 Å². The highest BCUT2D eigenvalue weighted by atomic mass is 35.5. The van der Waals surface area contributed by atoms with Crippen molar-refractivity contribution in [1.82, 2.24) is 9.55 Å². The van der Waals surface area contributed by atoms with Crippen molar-refractivity contribution in [3.05, 3.63) is 29.0 Å². The molecule has 0 saturated heterocycles. The molecule has 0 bridgehead atoms. The number of benzene rings is 1. The van der Waals surface area contributed by atoms with E-state index in [1.165, 1.54) is 37.0 Å². The van der Waals surface area contributed by atoms with Gasteiger partial charge in [-0.15, -0.1) is 0 Å². The predicted molar refractivity (Wildman–Crippen MR) is 82.2 cm³/mol. The highest BCUT2D eigenvalue weighted by Gasteiger charge is 2.32. The van der Waals surface area contributed by atoms with Gasteiger partial charge in [-0.25, -0.2) is 4.98 Å². The van der Waals surface area contributed by atoms with Crippen molar-refractivity contribution in [2.24, 2.45) is 5.73 Å². The molecule has 20 heavy (non-hydrogen) atoms. The molecule has 0 radical (unpaired) electrons. The summed E-state index contributed by atoms with van der Waals surface area (Å²) in [6.07, 6.45) is 7.14. The standard InChI is InChI=1S/C16H20ClN3/c17-11-3-8-14-15(9-11)20(13-6-7-13)16(19-14)10-1-4-12(18)5-2-10/h3,8-10,12-13H,1-2,4-7,18H2. The number of imidazole rings is 1. The van der Waals surface area contributed by atoms with Gasteiger partial charge in [0.25, 0.3) is 0 Å². The van der Waals surface area contributed by atoms with Gasteiger partial charge in [0.15, 0.2) is 0 Å². The average Bonchev–Trinajstić information content (AvgIpc) is 3.21. The normalized spacial score (nSPS) is 27.1. The lowest BCUT2D eigenvalue weighted by Gasteiger charge is -2.26. The van der Waals surface area contributed by atoms with Gasteiger partial charge in [-0.2, -0.15) is 0 Å². The fraction of sp³-hybridized carbons (Fsp3) is 0.562. The maximum Gasteiger partial charge on any atom is 0.113 e. The summed E-state index contributed by atoms with van der Waals surface area (Å²) >= 11 is 6.17. The first kappa shape index (κ1) is 12.7. The van der Waals surface area contributed by atoms with Crippen molar-refractivity contribution in [2.75, 3.05) is 0 Å². The van der Waals surface area contributed by atoms with Crippen LogP contribution in [0.1, 0.15) is 56.3 Å². The van der Waals surface area contributed by atoms with Crippen molar-refractivity contribution < 1.29 is 0 Å². The third kappa shape index (κ3) is 2.13. The van der Waals surface area contributed by atoms with Crippen molar-refractivity contribution in [2.45, 2.75) is 56.5 Å². The second-order valence-electron chi connectivity index (χ2n) is 6.32. The van der Waals surface area contributed by atoms with E-state index >= 15 is 0 Å². The molecule has 1 aromatic heterocycles. The van der Waals surface area contributed by atoms with E-state index in [0.717, 1.165) is 23.4 Å². The van der Waals surface area contributed by atoms with Crippen LogP contribution < -0.4 is 5.73 Å². The lowest BCUT2D eigenvalue weighted by molar-refractivity contribution is 0.377. The van der Waals surface area contributed by atoms with Crippen LogP contribution in [0.3, 0.4) is 0 Å². The fourth-order valence-corrected chi connectivity index (χ4v) is 3.63. The Hall–Kier alpha value is -1.06. The molecule has 4 heteroatoms. The number of rotatable bonds is 2. The number of halogens is 1. The summed E-state index contributed by atoms with van der Waals surface area (Å²) in [6, 6.07) is 7.09. The molecule has 0 unspecified atom stereocenters. The molecule has 0 spiro atoms. The topological polar surface area (TPSA) is 43.8 Å². The Balaban J connectivity index is 1.80. The van der Waals surface area contributed by atoms with E-state index in [9.17, 15) is 0 Å². The molecule has 0 atom stereocenters. The molecular formula is C16H20ClN3. The second-order valence-corrected chi connectivity index (χ2v) is 6.75. The van der Waals surface area contributed by atoms with E-state index in [1.54, 1.807) is 0 Å². The van der Waals surface area contributed by atoms with Gasteiger partial charge in [-0.1, -0.05) is 11.6 Å². The Morgan fingerprint density at radius 2 is 1.85 bits per heavy atom. The average molecular weight is 290 g/mol. The van der Waals surface area contributed by atoms with Crippen molar-refractivity contribution in [3.8, 4) is 0 Å². The van der Waals surface area contributed by atoms with E-state index in [1.807, 2.05) is 6.07 Å². The van der Waals surface area contributed by atoms with E-state index in [2.05, 4.69) is 16.7 Å². The fourth-order valence-electron chi connectivity index (χ4n) is 3.47. The molecule has 106 valence electrons. The highest BCUT2D eigenvalue weighted by Crippen LogP contribution is 2.43. The number of aromatic nitrogens is 2. The third-order valence-electron chi connectivity index (χ3n) is 4.73. The molecule has 2 saturated carbocycles. The van der Waals surface area contributed by atoms with Gasteiger partial charge >= 0.3 is 0 Å². The van der Waals surface area contributed by atoms with Crippen molar-refractivity contribution in [3.63, 3.8) is 0 Å². The quantitative estimate of drug-likeness (QED) is 0.908. The zero-order chi connectivity index (χ0) is 13.7. The maximum atomic E-state index is 6.17. The van der Waals surface area contributed by atoms with Crippen molar-refractivity contribution in [1.29, 1.82) is 0 Å². The van der Waals surface area contributed by atoms with Crippen molar-refractivity contribution >= 4 is 22.6 Å². The summed E-state index contributed by atoms with van der Waals surface area (Å²) in [5.41, 5.74) is 8.34. The Bertz CT molecular complexity index is 636. The third-order valence-corrected chi connectivity index (χ3v) is 4.96. The first-order valence-corrected chi connectivity index (χ1v) is 8.03. The van der Waals surface area contributed by atoms with Gasteiger partial charge in [-0.3, -0.25) is 0 Å². The predicted octanol–water partition coefficient (Wildman–Crippen LogP) is 4.01. The van der Waals surface area contributed by atoms with E-state index in [-0.39, 0.29) is 0 Å². The summed E-state index contributed by atoms with van der Waals surface area (Å²) < 4.78 is 2.46. The Morgan fingerprint density at radius 1 is 1.10 bits per heavy atom. The lowest BCUT2D eigenvalue weighted by atomic mass is 9.86. The minimum atomic E-state index is 0.388. The SMILES string of the molecule is NC1CCC(c2nc3ccc(Cl)cc3n2C2CC2)CC1. The van der Waals surface area contributed by atoms with Crippen LogP contribution in [0.4, 0.5) is 0 Å². The zero-order valence-electron chi connectivity index (χ0n) is 11.6. The smallest absolute Gasteiger partial charge is 0.113 e. The van der Waals surface area contributed by atoms with Gasteiger partial charge in [0.2, 0.25) is 0 Å². The molecule has 3 nitrogen and oxygen atoms in total. The first-order chi connectivity index (χ1) is 9.72. The van der Waals surface area contributed by atoms with Crippen LogP contribution in [0.5, 0.6) is 0 Å². The molecule has 1 heterocycles. The number of hydrogen-bond donors (Lipinski definition) is 1. The molecule has 1 aromatic carbocycles. The molecule has 0 aliphatic heterocycles. The Kier molecular flexibility index (Phi) is 3.00. The highest BCUT2D eigenvalue weighted by molar-refractivity contribution is 6.31. The van der Waals surface area contributed by atoms with E-state index in [4.69, 9.17) is 22.3 Å². The van der Waals surface area contributed by atoms with Crippen LogP contribution in [0.2, 0.25) is 5.02 Å². The van der Waals surface area contributed by atoms with Gasteiger partial charge in [0.05, 0.1) is 11.0 Å².